The maximum atomic E-state index is 13.3. The van der Waals surface area contributed by atoms with E-state index in [4.69, 9.17) is 4.99 Å². The first-order valence-electron chi connectivity index (χ1n) is 6.77. The van der Waals surface area contributed by atoms with E-state index in [0.717, 1.165) is 50.6 Å². The summed E-state index contributed by atoms with van der Waals surface area (Å²) in [5.41, 5.74) is 1.99. The van der Waals surface area contributed by atoms with Gasteiger partial charge in [0.25, 0.3) is 5.92 Å². The Hall–Kier alpha value is -1.29. The number of aliphatic imine (C=N–C) groups is 1. The van der Waals surface area contributed by atoms with E-state index < -0.39 is 5.92 Å². The molecule has 0 radical (unpaired) electrons. The molecule has 1 saturated heterocycles. The van der Waals surface area contributed by atoms with Crippen LogP contribution in [0.3, 0.4) is 0 Å². The first-order valence-corrected chi connectivity index (χ1v) is 6.77. The number of alkyl halides is 2. The molecule has 2 nitrogen and oxygen atoms in total. The molecule has 1 aromatic rings. The second-order valence-corrected chi connectivity index (χ2v) is 5.68. The summed E-state index contributed by atoms with van der Waals surface area (Å²) in [6.07, 6.45) is 3.04. The summed E-state index contributed by atoms with van der Waals surface area (Å²) in [7, 11) is 0. The summed E-state index contributed by atoms with van der Waals surface area (Å²) in [5.74, 6) is -2.78. The number of halogens is 2. The van der Waals surface area contributed by atoms with Crippen LogP contribution in [0, 0.1) is 0 Å². The van der Waals surface area contributed by atoms with E-state index in [2.05, 4.69) is 5.32 Å². The molecule has 0 bridgehead atoms. The average molecular weight is 264 g/mol. The molecule has 0 aliphatic carbocycles. The minimum atomic E-state index is -2.78. The van der Waals surface area contributed by atoms with E-state index in [1.807, 2.05) is 6.07 Å². The molecule has 3 rings (SSSR count). The lowest BCUT2D eigenvalue weighted by molar-refractivity contribution is 0.0174. The van der Waals surface area contributed by atoms with Gasteiger partial charge < -0.3 is 5.32 Å². The van der Waals surface area contributed by atoms with Crippen molar-refractivity contribution < 1.29 is 8.78 Å². The summed E-state index contributed by atoms with van der Waals surface area (Å²) in [6, 6.07) is 6.62. The molecule has 4 heteroatoms. The Kier molecular flexibility index (Phi) is 2.93. The third kappa shape index (κ3) is 2.41. The minimum absolute atomic E-state index is 0.0685. The maximum Gasteiger partial charge on any atom is 0.270 e. The molecular weight excluding hydrogens is 246 g/mol. The van der Waals surface area contributed by atoms with Gasteiger partial charge >= 0.3 is 0 Å². The fourth-order valence-electron chi connectivity index (χ4n) is 2.90. The molecule has 0 unspecified atom stereocenters. The Morgan fingerprint density at radius 3 is 2.58 bits per heavy atom. The van der Waals surface area contributed by atoms with E-state index >= 15 is 0 Å². The zero-order valence-electron chi connectivity index (χ0n) is 11.0. The van der Waals surface area contributed by atoms with Gasteiger partial charge in [0.05, 0.1) is 5.54 Å². The van der Waals surface area contributed by atoms with E-state index in [0.29, 0.717) is 0 Å². The molecule has 2 heterocycles. The van der Waals surface area contributed by atoms with Crippen LogP contribution in [0.15, 0.2) is 29.3 Å². The van der Waals surface area contributed by atoms with Crippen LogP contribution in [0.25, 0.3) is 0 Å². The van der Waals surface area contributed by atoms with Crippen LogP contribution in [-0.2, 0) is 5.92 Å². The smallest absolute Gasteiger partial charge is 0.270 e. The molecule has 102 valence electrons. The fraction of sp³-hybridized carbons (Fsp3) is 0.533. The van der Waals surface area contributed by atoms with Crippen LogP contribution in [0.5, 0.6) is 0 Å². The lowest BCUT2D eigenvalue weighted by atomic mass is 9.77. The number of hydrogen-bond acceptors (Lipinski definition) is 2. The highest BCUT2D eigenvalue weighted by atomic mass is 19.3. The molecule has 19 heavy (non-hydrogen) atoms. The van der Waals surface area contributed by atoms with E-state index in [9.17, 15) is 8.78 Å². The van der Waals surface area contributed by atoms with Gasteiger partial charge in [0.1, 0.15) is 0 Å². The summed E-state index contributed by atoms with van der Waals surface area (Å²) >= 11 is 0. The molecule has 2 aliphatic heterocycles. The quantitative estimate of drug-likeness (QED) is 0.872. The zero-order valence-corrected chi connectivity index (χ0v) is 11.0. The fourth-order valence-corrected chi connectivity index (χ4v) is 2.90. The summed E-state index contributed by atoms with van der Waals surface area (Å²) < 4.78 is 26.6. The minimum Gasteiger partial charge on any atom is -0.317 e. The van der Waals surface area contributed by atoms with Crippen molar-refractivity contribution in [1.82, 2.24) is 5.32 Å². The van der Waals surface area contributed by atoms with Gasteiger partial charge in [0.2, 0.25) is 0 Å². The van der Waals surface area contributed by atoms with Crippen molar-refractivity contribution in [2.45, 2.75) is 37.6 Å². The zero-order chi connectivity index (χ0) is 13.5. The molecule has 1 fully saturated rings. The second kappa shape index (κ2) is 4.37. The van der Waals surface area contributed by atoms with Crippen molar-refractivity contribution in [2.24, 2.45) is 4.99 Å². The Bertz CT molecular complexity index is 511. The van der Waals surface area contributed by atoms with Crippen molar-refractivity contribution in [3.63, 3.8) is 0 Å². The van der Waals surface area contributed by atoms with Crippen LogP contribution in [0.2, 0.25) is 0 Å². The van der Waals surface area contributed by atoms with Crippen molar-refractivity contribution in [3.05, 3.63) is 35.4 Å². The second-order valence-electron chi connectivity index (χ2n) is 5.68. The van der Waals surface area contributed by atoms with Crippen LogP contribution in [0.1, 0.15) is 37.3 Å². The van der Waals surface area contributed by atoms with Crippen LogP contribution in [0.4, 0.5) is 8.78 Å². The largest absolute Gasteiger partial charge is 0.317 e. The lowest BCUT2D eigenvalue weighted by Crippen LogP contribution is -2.48. The number of nitrogens with zero attached hydrogens (tertiary/aromatic N) is 1. The SMILES string of the molecule is CC(F)(F)c1cccc(C2=NC3(CCNCC3)C2)c1. The van der Waals surface area contributed by atoms with Gasteiger partial charge in [0.15, 0.2) is 0 Å². The monoisotopic (exact) mass is 264 g/mol. The highest BCUT2D eigenvalue weighted by Crippen LogP contribution is 2.38. The van der Waals surface area contributed by atoms with Gasteiger partial charge in [-0.3, -0.25) is 4.99 Å². The van der Waals surface area contributed by atoms with Gasteiger partial charge in [-0.05, 0) is 37.6 Å². The molecule has 0 amide bonds. The Labute approximate surface area is 111 Å². The Morgan fingerprint density at radius 1 is 1.26 bits per heavy atom. The van der Waals surface area contributed by atoms with E-state index in [1.165, 1.54) is 6.07 Å². The first-order chi connectivity index (χ1) is 8.99. The van der Waals surface area contributed by atoms with Gasteiger partial charge in [-0.2, -0.15) is 0 Å². The molecule has 1 aromatic carbocycles. The average Bonchev–Trinajstić information content (AvgIpc) is 2.36. The number of piperidine rings is 1. The molecule has 0 saturated carbocycles. The van der Waals surface area contributed by atoms with Crippen LogP contribution >= 0.6 is 0 Å². The highest BCUT2D eigenvalue weighted by Gasteiger charge is 2.40. The summed E-state index contributed by atoms with van der Waals surface area (Å²) in [4.78, 5) is 4.74. The van der Waals surface area contributed by atoms with Crippen LogP contribution in [-0.4, -0.2) is 24.3 Å². The number of benzene rings is 1. The third-order valence-electron chi connectivity index (χ3n) is 4.11. The van der Waals surface area contributed by atoms with E-state index in [-0.39, 0.29) is 11.1 Å². The van der Waals surface area contributed by atoms with Crippen molar-refractivity contribution in [1.29, 1.82) is 0 Å². The van der Waals surface area contributed by atoms with Crippen molar-refractivity contribution >= 4 is 5.71 Å². The molecule has 2 aliphatic rings. The summed E-state index contributed by atoms with van der Waals surface area (Å²) in [6.45, 7) is 2.94. The highest BCUT2D eigenvalue weighted by molar-refractivity contribution is 6.05. The predicted molar refractivity (Wildman–Crippen MR) is 72.0 cm³/mol. The van der Waals surface area contributed by atoms with Crippen molar-refractivity contribution in [3.8, 4) is 0 Å². The van der Waals surface area contributed by atoms with E-state index in [1.54, 1.807) is 12.1 Å². The van der Waals surface area contributed by atoms with Gasteiger partial charge in [-0.25, -0.2) is 8.78 Å². The molecular formula is C15H18F2N2. The maximum absolute atomic E-state index is 13.3. The normalized spacial score (nSPS) is 21.9. The van der Waals surface area contributed by atoms with Crippen LogP contribution < -0.4 is 5.32 Å². The van der Waals surface area contributed by atoms with Gasteiger partial charge in [-0.15, -0.1) is 0 Å². The Morgan fingerprint density at radius 2 is 1.95 bits per heavy atom. The number of nitrogens with one attached hydrogen (secondary N) is 1. The van der Waals surface area contributed by atoms with Crippen molar-refractivity contribution in [2.75, 3.05) is 13.1 Å². The Balaban J connectivity index is 1.83. The number of rotatable bonds is 2. The number of hydrogen-bond donors (Lipinski definition) is 1. The molecule has 0 atom stereocenters. The summed E-state index contributed by atoms with van der Waals surface area (Å²) in [5, 5.41) is 3.32. The first kappa shape index (κ1) is 12.7. The molecule has 1 spiro atoms. The lowest BCUT2D eigenvalue weighted by Gasteiger charge is -2.42. The van der Waals surface area contributed by atoms with Gasteiger partial charge in [-0.1, -0.05) is 18.2 Å². The third-order valence-corrected chi connectivity index (χ3v) is 4.11. The van der Waals surface area contributed by atoms with Gasteiger partial charge in [0, 0.05) is 24.6 Å². The predicted octanol–water partition coefficient (Wildman–Crippen LogP) is 3.11. The molecule has 0 aromatic heterocycles. The standard InChI is InChI=1S/C15H18F2N2/c1-14(16,17)12-4-2-3-11(9-12)13-10-15(19-13)5-7-18-8-6-15/h2-4,9,18H,5-8,10H2,1H3. The molecule has 1 N–H and O–H groups in total. The topological polar surface area (TPSA) is 24.4 Å².